The van der Waals surface area contributed by atoms with Gasteiger partial charge < -0.3 is 11.1 Å². The van der Waals surface area contributed by atoms with Crippen molar-refractivity contribution in [1.82, 2.24) is 4.98 Å². The maximum atomic E-state index is 10.6. The second kappa shape index (κ2) is 5.58. The summed E-state index contributed by atoms with van der Waals surface area (Å²) in [4.78, 5) is 14.2. The summed E-state index contributed by atoms with van der Waals surface area (Å²) in [5.41, 5.74) is 6.26. The molecule has 1 aromatic rings. The van der Waals surface area contributed by atoms with E-state index in [0.29, 0.717) is 23.8 Å². The molecule has 94 valence electrons. The highest BCUT2D eigenvalue weighted by atomic mass is 16.6. The van der Waals surface area contributed by atoms with Gasteiger partial charge in [0.05, 0.1) is 4.92 Å². The Kier molecular flexibility index (Phi) is 4.39. The van der Waals surface area contributed by atoms with E-state index in [2.05, 4.69) is 24.1 Å². The van der Waals surface area contributed by atoms with Crippen LogP contribution in [-0.2, 0) is 0 Å². The number of aryl methyl sites for hydroxylation is 1. The van der Waals surface area contributed by atoms with Gasteiger partial charge in [0, 0.05) is 18.2 Å². The number of hydrogen-bond donors (Lipinski definition) is 2. The number of pyridine rings is 1. The van der Waals surface area contributed by atoms with Gasteiger partial charge in [0.25, 0.3) is 5.69 Å². The third-order valence-corrected chi connectivity index (χ3v) is 2.67. The van der Waals surface area contributed by atoms with Crippen molar-refractivity contribution in [3.05, 3.63) is 27.9 Å². The van der Waals surface area contributed by atoms with E-state index < -0.39 is 4.92 Å². The quantitative estimate of drug-likeness (QED) is 0.601. The number of anilines is 1. The fraction of sp³-hybridized carbons (Fsp3) is 0.545. The number of aromatic nitrogens is 1. The van der Waals surface area contributed by atoms with Crippen molar-refractivity contribution in [2.24, 2.45) is 11.7 Å². The lowest BCUT2D eigenvalue weighted by molar-refractivity contribution is -0.385. The number of rotatable bonds is 5. The molecule has 6 heteroatoms. The van der Waals surface area contributed by atoms with Gasteiger partial charge in [0.1, 0.15) is 12.0 Å². The Bertz CT molecular complexity index is 406. The molecule has 6 nitrogen and oxygen atoms in total. The van der Waals surface area contributed by atoms with Gasteiger partial charge in [-0.05, 0) is 18.9 Å². The zero-order chi connectivity index (χ0) is 13.0. The largest absolute Gasteiger partial charge is 0.366 e. The minimum Gasteiger partial charge on any atom is -0.366 e. The number of nitro groups is 1. The highest BCUT2D eigenvalue weighted by molar-refractivity contribution is 5.47. The molecule has 0 saturated carbocycles. The summed E-state index contributed by atoms with van der Waals surface area (Å²) in [7, 11) is 0. The molecule has 3 N–H and O–H groups in total. The number of nitrogens with two attached hydrogens (primary N) is 1. The minimum atomic E-state index is -0.436. The van der Waals surface area contributed by atoms with E-state index in [1.165, 1.54) is 6.20 Å². The van der Waals surface area contributed by atoms with Gasteiger partial charge in [0.15, 0.2) is 0 Å². The molecule has 0 amide bonds. The van der Waals surface area contributed by atoms with Crippen LogP contribution in [-0.4, -0.2) is 22.5 Å². The Morgan fingerprint density at radius 3 is 2.65 bits per heavy atom. The average molecular weight is 238 g/mol. The van der Waals surface area contributed by atoms with Gasteiger partial charge in [-0.15, -0.1) is 0 Å². The van der Waals surface area contributed by atoms with Crippen LogP contribution in [0.3, 0.4) is 0 Å². The van der Waals surface area contributed by atoms with E-state index in [-0.39, 0.29) is 11.7 Å². The lowest BCUT2D eigenvalue weighted by atomic mass is 10.0. The molecule has 1 aromatic heterocycles. The van der Waals surface area contributed by atoms with Crippen LogP contribution in [0.1, 0.15) is 19.4 Å². The van der Waals surface area contributed by atoms with Crippen molar-refractivity contribution in [3.8, 4) is 0 Å². The standard InChI is InChI=1S/C11H18N4O2/c1-7(2)9(5-12)14-11-4-8(3)10(6-13-11)15(16)17/h4,6-7,9H,5,12H2,1-3H3,(H,13,14). The van der Waals surface area contributed by atoms with Crippen molar-refractivity contribution in [1.29, 1.82) is 0 Å². The molecule has 0 aliphatic rings. The molecule has 0 fully saturated rings. The van der Waals surface area contributed by atoms with Gasteiger partial charge in [-0.3, -0.25) is 10.1 Å². The Labute approximate surface area is 100 Å². The van der Waals surface area contributed by atoms with Gasteiger partial charge in [-0.1, -0.05) is 13.8 Å². The first-order valence-corrected chi connectivity index (χ1v) is 5.53. The molecule has 17 heavy (non-hydrogen) atoms. The lowest BCUT2D eigenvalue weighted by Crippen LogP contribution is -2.34. The molecule has 0 aromatic carbocycles. The maximum absolute atomic E-state index is 10.6. The van der Waals surface area contributed by atoms with Gasteiger partial charge in [-0.2, -0.15) is 0 Å². The fourth-order valence-corrected chi connectivity index (χ4v) is 1.51. The topological polar surface area (TPSA) is 94.1 Å². The van der Waals surface area contributed by atoms with E-state index in [1.54, 1.807) is 13.0 Å². The van der Waals surface area contributed by atoms with Gasteiger partial charge in [-0.25, -0.2) is 4.98 Å². The number of nitrogens with one attached hydrogen (secondary N) is 1. The number of nitrogens with zero attached hydrogens (tertiary/aromatic N) is 2. The Morgan fingerprint density at radius 2 is 2.24 bits per heavy atom. The molecule has 1 heterocycles. The van der Waals surface area contributed by atoms with Crippen LogP contribution >= 0.6 is 0 Å². The molecule has 0 aliphatic carbocycles. The average Bonchev–Trinajstić information content (AvgIpc) is 2.24. The van der Waals surface area contributed by atoms with Crippen molar-refractivity contribution in [2.75, 3.05) is 11.9 Å². The summed E-state index contributed by atoms with van der Waals surface area (Å²) < 4.78 is 0. The van der Waals surface area contributed by atoms with E-state index in [9.17, 15) is 10.1 Å². The smallest absolute Gasteiger partial charge is 0.290 e. The molecule has 0 saturated heterocycles. The van der Waals surface area contributed by atoms with Crippen molar-refractivity contribution >= 4 is 11.5 Å². The third kappa shape index (κ3) is 3.39. The first-order valence-electron chi connectivity index (χ1n) is 5.53. The zero-order valence-corrected chi connectivity index (χ0v) is 10.3. The number of hydrogen-bond acceptors (Lipinski definition) is 5. The highest BCUT2D eigenvalue weighted by Crippen LogP contribution is 2.19. The van der Waals surface area contributed by atoms with Crippen LogP contribution < -0.4 is 11.1 Å². The fourth-order valence-electron chi connectivity index (χ4n) is 1.51. The molecular formula is C11H18N4O2. The highest BCUT2D eigenvalue weighted by Gasteiger charge is 2.15. The molecule has 1 atom stereocenters. The van der Waals surface area contributed by atoms with Crippen molar-refractivity contribution in [2.45, 2.75) is 26.8 Å². The lowest BCUT2D eigenvalue weighted by Gasteiger charge is -2.21. The van der Waals surface area contributed by atoms with E-state index >= 15 is 0 Å². The van der Waals surface area contributed by atoms with Crippen LogP contribution in [0.2, 0.25) is 0 Å². The summed E-state index contributed by atoms with van der Waals surface area (Å²) in [5.74, 6) is 0.995. The summed E-state index contributed by atoms with van der Waals surface area (Å²) in [6, 6.07) is 1.78. The molecule has 1 rings (SSSR count). The Balaban J connectivity index is 2.87. The second-order valence-corrected chi connectivity index (χ2v) is 4.34. The zero-order valence-electron chi connectivity index (χ0n) is 10.3. The third-order valence-electron chi connectivity index (χ3n) is 2.67. The van der Waals surface area contributed by atoms with Crippen LogP contribution in [0.5, 0.6) is 0 Å². The second-order valence-electron chi connectivity index (χ2n) is 4.34. The molecule has 0 aliphatic heterocycles. The van der Waals surface area contributed by atoms with Crippen LogP contribution in [0.25, 0.3) is 0 Å². The molecule has 0 radical (unpaired) electrons. The predicted octanol–water partition coefficient (Wildman–Crippen LogP) is 1.69. The molecule has 0 bridgehead atoms. The van der Waals surface area contributed by atoms with Crippen LogP contribution in [0.4, 0.5) is 11.5 Å². The SMILES string of the molecule is Cc1cc(NC(CN)C(C)C)ncc1[N+](=O)[O-]. The summed E-state index contributed by atoms with van der Waals surface area (Å²) in [6.45, 7) is 6.30. The molecule has 1 unspecified atom stereocenters. The Hall–Kier alpha value is -1.69. The minimum absolute atomic E-state index is 0.0318. The van der Waals surface area contributed by atoms with Gasteiger partial charge in [0.2, 0.25) is 0 Å². The molecular weight excluding hydrogens is 220 g/mol. The first kappa shape index (κ1) is 13.4. The van der Waals surface area contributed by atoms with Crippen LogP contribution in [0.15, 0.2) is 12.3 Å². The van der Waals surface area contributed by atoms with E-state index in [1.807, 2.05) is 0 Å². The van der Waals surface area contributed by atoms with Gasteiger partial charge >= 0.3 is 0 Å². The maximum Gasteiger partial charge on any atom is 0.290 e. The predicted molar refractivity (Wildman–Crippen MR) is 66.9 cm³/mol. The normalized spacial score (nSPS) is 12.5. The van der Waals surface area contributed by atoms with Crippen molar-refractivity contribution in [3.63, 3.8) is 0 Å². The first-order chi connectivity index (χ1) is 7.95. The van der Waals surface area contributed by atoms with Crippen molar-refractivity contribution < 1.29 is 4.92 Å². The summed E-state index contributed by atoms with van der Waals surface area (Å²) in [5, 5.41) is 13.8. The monoisotopic (exact) mass is 238 g/mol. The Morgan fingerprint density at radius 1 is 1.59 bits per heavy atom. The molecule has 0 spiro atoms. The summed E-state index contributed by atoms with van der Waals surface area (Å²) >= 11 is 0. The van der Waals surface area contributed by atoms with Crippen LogP contribution in [0, 0.1) is 23.0 Å². The van der Waals surface area contributed by atoms with E-state index in [0.717, 1.165) is 0 Å². The van der Waals surface area contributed by atoms with E-state index in [4.69, 9.17) is 5.73 Å². The summed E-state index contributed by atoms with van der Waals surface area (Å²) in [6.07, 6.45) is 1.27.